The van der Waals surface area contributed by atoms with Crippen molar-refractivity contribution in [3.63, 3.8) is 0 Å². The van der Waals surface area contributed by atoms with Crippen molar-refractivity contribution in [3.05, 3.63) is 40.0 Å². The number of para-hydroxylation sites is 1. The molecule has 128 valence electrons. The lowest BCUT2D eigenvalue weighted by Crippen LogP contribution is -2.22. The van der Waals surface area contributed by atoms with Crippen LogP contribution in [-0.4, -0.2) is 33.8 Å². The van der Waals surface area contributed by atoms with Gasteiger partial charge in [-0.3, -0.25) is 4.79 Å². The molecular weight excluding hydrogens is 423 g/mol. The Labute approximate surface area is 154 Å². The summed E-state index contributed by atoms with van der Waals surface area (Å²) in [7, 11) is 4.59. The number of hydrogen-bond acceptors (Lipinski definition) is 5. The highest BCUT2D eigenvalue weighted by Gasteiger charge is 2.14. The first kappa shape index (κ1) is 18.2. The molecule has 0 aliphatic heterocycles. The third-order valence-electron chi connectivity index (χ3n) is 3.26. The van der Waals surface area contributed by atoms with Gasteiger partial charge in [-0.25, -0.2) is 0 Å². The lowest BCUT2D eigenvalue weighted by molar-refractivity contribution is -0.114. The first-order valence-electron chi connectivity index (χ1n) is 7.17. The summed E-state index contributed by atoms with van der Waals surface area (Å²) in [5.41, 5.74) is 1.48. The van der Waals surface area contributed by atoms with Crippen molar-refractivity contribution < 1.29 is 19.0 Å². The molecule has 0 bridgehead atoms. The number of hydrogen-bond donors (Lipinski definition) is 2. The molecule has 2 aromatic carbocycles. The summed E-state index contributed by atoms with van der Waals surface area (Å²) in [5, 5.41) is 5.92. The molecule has 0 aliphatic rings. The number of methoxy groups -OCH3 is 3. The molecule has 0 spiro atoms. The monoisotopic (exact) mass is 442 g/mol. The van der Waals surface area contributed by atoms with E-state index in [4.69, 9.17) is 14.2 Å². The number of ether oxygens (including phenoxy) is 3. The van der Waals surface area contributed by atoms with Crippen molar-refractivity contribution >= 4 is 39.9 Å². The maximum absolute atomic E-state index is 12.2. The summed E-state index contributed by atoms with van der Waals surface area (Å²) in [5.74, 6) is 1.27. The molecule has 0 heterocycles. The Morgan fingerprint density at radius 3 is 2.21 bits per heavy atom. The fraction of sp³-hybridized carbons (Fsp3) is 0.235. The van der Waals surface area contributed by atoms with Gasteiger partial charge in [0.15, 0.2) is 11.5 Å². The Kier molecular flexibility index (Phi) is 6.53. The van der Waals surface area contributed by atoms with Gasteiger partial charge in [0.05, 0.1) is 27.9 Å². The van der Waals surface area contributed by atoms with E-state index in [1.54, 1.807) is 12.1 Å². The minimum Gasteiger partial charge on any atom is -0.493 e. The average molecular weight is 442 g/mol. The van der Waals surface area contributed by atoms with E-state index >= 15 is 0 Å². The Morgan fingerprint density at radius 2 is 1.67 bits per heavy atom. The van der Waals surface area contributed by atoms with Crippen LogP contribution in [0.25, 0.3) is 0 Å². The minimum absolute atomic E-state index is 0.149. The van der Waals surface area contributed by atoms with Gasteiger partial charge >= 0.3 is 0 Å². The fourth-order valence-electron chi connectivity index (χ4n) is 2.14. The second-order valence-corrected chi connectivity index (χ2v) is 5.96. The number of benzene rings is 2. The van der Waals surface area contributed by atoms with Crippen LogP contribution in [0.3, 0.4) is 0 Å². The summed E-state index contributed by atoms with van der Waals surface area (Å²) < 4.78 is 16.9. The van der Waals surface area contributed by atoms with Crippen molar-refractivity contribution in [1.82, 2.24) is 0 Å². The summed E-state index contributed by atoms with van der Waals surface area (Å²) >= 11 is 2.22. The van der Waals surface area contributed by atoms with Gasteiger partial charge in [0.2, 0.25) is 11.7 Å². The van der Waals surface area contributed by atoms with Crippen molar-refractivity contribution in [2.45, 2.75) is 0 Å². The van der Waals surface area contributed by atoms with Crippen LogP contribution in [0.4, 0.5) is 11.4 Å². The topological polar surface area (TPSA) is 68.8 Å². The van der Waals surface area contributed by atoms with Crippen LogP contribution in [0.15, 0.2) is 36.4 Å². The Bertz CT molecular complexity index is 696. The van der Waals surface area contributed by atoms with Crippen molar-refractivity contribution in [2.75, 3.05) is 38.5 Å². The summed E-state index contributed by atoms with van der Waals surface area (Å²) in [6.07, 6.45) is 0. The molecule has 0 atom stereocenters. The van der Waals surface area contributed by atoms with Gasteiger partial charge in [-0.2, -0.15) is 0 Å². The number of carbonyl (C=O) groups excluding carboxylic acids is 1. The molecule has 0 aromatic heterocycles. The number of anilines is 2. The maximum Gasteiger partial charge on any atom is 0.243 e. The van der Waals surface area contributed by atoms with Crippen LogP contribution >= 0.6 is 22.6 Å². The van der Waals surface area contributed by atoms with Crippen molar-refractivity contribution in [3.8, 4) is 17.2 Å². The van der Waals surface area contributed by atoms with Gasteiger partial charge in [-0.05, 0) is 34.7 Å². The maximum atomic E-state index is 12.2. The Morgan fingerprint density at radius 1 is 1.04 bits per heavy atom. The highest BCUT2D eigenvalue weighted by Crippen LogP contribution is 2.39. The molecule has 0 saturated heterocycles. The third-order valence-corrected chi connectivity index (χ3v) is 4.20. The second-order valence-electron chi connectivity index (χ2n) is 4.80. The summed E-state index contributed by atoms with van der Waals surface area (Å²) in [6.45, 7) is 0.149. The van der Waals surface area contributed by atoms with Gasteiger partial charge in [-0.15, -0.1) is 0 Å². The van der Waals surface area contributed by atoms with E-state index in [9.17, 15) is 4.79 Å². The lowest BCUT2D eigenvalue weighted by Gasteiger charge is -2.15. The van der Waals surface area contributed by atoms with E-state index in [1.165, 1.54) is 21.3 Å². The number of nitrogens with one attached hydrogen (secondary N) is 2. The molecular formula is C17H19IN2O4. The SMILES string of the molecule is COc1cc(NC(=O)CNc2ccccc2I)cc(OC)c1OC. The van der Waals surface area contributed by atoms with E-state index in [0.717, 1.165) is 9.26 Å². The molecule has 0 unspecified atom stereocenters. The van der Waals surface area contributed by atoms with E-state index in [2.05, 4.69) is 33.2 Å². The minimum atomic E-state index is -0.177. The van der Waals surface area contributed by atoms with Crippen LogP contribution < -0.4 is 24.8 Å². The van der Waals surface area contributed by atoms with Crippen LogP contribution in [0.2, 0.25) is 0 Å². The zero-order chi connectivity index (χ0) is 17.5. The molecule has 0 fully saturated rings. The molecule has 0 aliphatic carbocycles. The lowest BCUT2D eigenvalue weighted by atomic mass is 10.2. The first-order valence-corrected chi connectivity index (χ1v) is 8.25. The highest BCUT2D eigenvalue weighted by molar-refractivity contribution is 14.1. The van der Waals surface area contributed by atoms with Gasteiger partial charge in [0.1, 0.15) is 0 Å². The number of rotatable bonds is 7. The summed E-state index contributed by atoms with van der Waals surface area (Å²) in [4.78, 5) is 12.2. The molecule has 1 amide bonds. The second kappa shape index (κ2) is 8.62. The van der Waals surface area contributed by atoms with E-state index < -0.39 is 0 Å². The zero-order valence-corrected chi connectivity index (χ0v) is 15.8. The molecule has 2 N–H and O–H groups in total. The molecule has 0 saturated carbocycles. The van der Waals surface area contributed by atoms with Crippen LogP contribution in [-0.2, 0) is 4.79 Å². The average Bonchev–Trinajstić information content (AvgIpc) is 2.60. The standard InChI is InChI=1S/C17H19IN2O4/c1-22-14-8-11(9-15(23-2)17(14)24-3)20-16(21)10-19-13-7-5-4-6-12(13)18/h4-9,19H,10H2,1-3H3,(H,20,21). The van der Waals surface area contributed by atoms with Crippen molar-refractivity contribution in [1.29, 1.82) is 0 Å². The van der Waals surface area contributed by atoms with Crippen LogP contribution in [0.5, 0.6) is 17.2 Å². The van der Waals surface area contributed by atoms with Gasteiger partial charge in [0, 0.05) is 27.1 Å². The smallest absolute Gasteiger partial charge is 0.243 e. The van der Waals surface area contributed by atoms with Crippen molar-refractivity contribution in [2.24, 2.45) is 0 Å². The number of amides is 1. The van der Waals surface area contributed by atoms with Gasteiger partial charge in [0.25, 0.3) is 0 Å². The molecule has 24 heavy (non-hydrogen) atoms. The van der Waals surface area contributed by atoms with Gasteiger partial charge in [-0.1, -0.05) is 12.1 Å². The van der Waals surface area contributed by atoms with E-state index in [-0.39, 0.29) is 12.5 Å². The Balaban J connectivity index is 2.07. The molecule has 7 heteroatoms. The summed E-state index contributed by atoms with van der Waals surface area (Å²) in [6, 6.07) is 11.1. The van der Waals surface area contributed by atoms with E-state index in [1.807, 2.05) is 24.3 Å². The molecule has 0 radical (unpaired) electrons. The largest absolute Gasteiger partial charge is 0.493 e. The van der Waals surface area contributed by atoms with E-state index in [0.29, 0.717) is 22.9 Å². The normalized spacial score (nSPS) is 10.0. The van der Waals surface area contributed by atoms with Gasteiger partial charge < -0.3 is 24.8 Å². The fourth-order valence-corrected chi connectivity index (χ4v) is 2.72. The van der Waals surface area contributed by atoms with Crippen LogP contribution in [0, 0.1) is 3.57 Å². The predicted molar refractivity (Wildman–Crippen MR) is 102 cm³/mol. The Hall–Kier alpha value is -2.16. The van der Waals surface area contributed by atoms with Crippen LogP contribution in [0.1, 0.15) is 0 Å². The third kappa shape index (κ3) is 4.44. The number of carbonyl (C=O) groups is 1. The zero-order valence-electron chi connectivity index (χ0n) is 13.7. The predicted octanol–water partition coefficient (Wildman–Crippen LogP) is 3.37. The molecule has 2 rings (SSSR count). The molecule has 2 aromatic rings. The molecule has 6 nitrogen and oxygen atoms in total. The number of halogens is 1. The first-order chi connectivity index (χ1) is 11.6. The quantitative estimate of drug-likeness (QED) is 0.644. The highest BCUT2D eigenvalue weighted by atomic mass is 127.